The topological polar surface area (TPSA) is 63.7 Å². The fraction of sp³-hybridized carbons (Fsp3) is 0.182. The van der Waals surface area contributed by atoms with E-state index in [1.807, 2.05) is 24.3 Å². The van der Waals surface area contributed by atoms with E-state index in [0.29, 0.717) is 16.6 Å². The third-order valence-electron chi connectivity index (χ3n) is 4.74. The predicted octanol–water partition coefficient (Wildman–Crippen LogP) is 4.62. The van der Waals surface area contributed by atoms with Crippen molar-refractivity contribution in [3.8, 4) is 0 Å². The number of carbonyl (C=O) groups is 1. The van der Waals surface area contributed by atoms with Crippen molar-refractivity contribution in [1.29, 1.82) is 0 Å². The summed E-state index contributed by atoms with van der Waals surface area (Å²) in [4.78, 5) is 27.4. The molecule has 0 spiro atoms. The van der Waals surface area contributed by atoms with Gasteiger partial charge in [0.15, 0.2) is 11.3 Å². The summed E-state index contributed by atoms with van der Waals surface area (Å²) in [6.45, 7) is 5.79. The standard InChI is InChI=1S/C22H19NO4/c1-3-23(4-2)17-10-7-9-15-13-19(26-21(15)17)20(24)16-12-14-8-5-6-11-18(14)27-22(16)25/h5-13H,3-4H2,1-2H3. The summed E-state index contributed by atoms with van der Waals surface area (Å²) in [7, 11) is 0. The van der Waals surface area contributed by atoms with Crippen LogP contribution in [0.1, 0.15) is 30.0 Å². The number of rotatable bonds is 5. The van der Waals surface area contributed by atoms with Gasteiger partial charge in [-0.15, -0.1) is 0 Å². The molecule has 5 nitrogen and oxygen atoms in total. The number of ketones is 1. The lowest BCUT2D eigenvalue weighted by molar-refractivity contribution is 0.101. The Labute approximate surface area is 155 Å². The van der Waals surface area contributed by atoms with Gasteiger partial charge in [0.05, 0.1) is 5.69 Å². The van der Waals surface area contributed by atoms with Crippen LogP contribution in [-0.2, 0) is 0 Å². The molecule has 2 aromatic carbocycles. The van der Waals surface area contributed by atoms with E-state index in [1.54, 1.807) is 30.3 Å². The van der Waals surface area contributed by atoms with Crippen LogP contribution in [0.3, 0.4) is 0 Å². The zero-order valence-electron chi connectivity index (χ0n) is 15.2. The molecule has 2 heterocycles. The predicted molar refractivity (Wildman–Crippen MR) is 106 cm³/mol. The minimum Gasteiger partial charge on any atom is -0.450 e. The highest BCUT2D eigenvalue weighted by molar-refractivity contribution is 6.10. The third-order valence-corrected chi connectivity index (χ3v) is 4.74. The summed E-state index contributed by atoms with van der Waals surface area (Å²) >= 11 is 0. The second kappa shape index (κ2) is 6.76. The Kier molecular flexibility index (Phi) is 4.28. The van der Waals surface area contributed by atoms with Crippen LogP contribution in [0.4, 0.5) is 5.69 Å². The smallest absolute Gasteiger partial charge is 0.347 e. The van der Waals surface area contributed by atoms with Crippen LogP contribution in [0.2, 0.25) is 0 Å². The van der Waals surface area contributed by atoms with Crippen LogP contribution in [-0.4, -0.2) is 18.9 Å². The molecule has 27 heavy (non-hydrogen) atoms. The van der Waals surface area contributed by atoms with Crippen molar-refractivity contribution in [3.05, 3.63) is 76.3 Å². The maximum atomic E-state index is 12.9. The Morgan fingerprint density at radius 3 is 2.44 bits per heavy atom. The number of fused-ring (bicyclic) bond motifs is 2. The van der Waals surface area contributed by atoms with Crippen LogP contribution in [0.25, 0.3) is 21.9 Å². The zero-order valence-corrected chi connectivity index (χ0v) is 15.2. The fourth-order valence-electron chi connectivity index (χ4n) is 3.33. The number of hydrogen-bond acceptors (Lipinski definition) is 5. The molecule has 0 amide bonds. The maximum Gasteiger partial charge on any atom is 0.347 e. The first-order chi connectivity index (χ1) is 13.1. The van der Waals surface area contributed by atoms with Gasteiger partial charge in [-0.05, 0) is 38.1 Å². The molecule has 4 rings (SSSR count). The summed E-state index contributed by atoms with van der Waals surface area (Å²) in [6.07, 6.45) is 0. The van der Waals surface area contributed by atoms with E-state index in [1.165, 1.54) is 0 Å². The van der Waals surface area contributed by atoms with Crippen molar-refractivity contribution in [3.63, 3.8) is 0 Å². The summed E-state index contributed by atoms with van der Waals surface area (Å²) in [6, 6.07) is 16.1. The van der Waals surface area contributed by atoms with Crippen LogP contribution in [0.15, 0.2) is 68.2 Å². The van der Waals surface area contributed by atoms with E-state index in [9.17, 15) is 9.59 Å². The lowest BCUT2D eigenvalue weighted by Gasteiger charge is -2.20. The van der Waals surface area contributed by atoms with E-state index in [-0.39, 0.29) is 11.3 Å². The summed E-state index contributed by atoms with van der Waals surface area (Å²) in [5.74, 6) is -0.344. The second-order valence-electron chi connectivity index (χ2n) is 6.29. The highest BCUT2D eigenvalue weighted by atomic mass is 16.4. The molecule has 0 saturated heterocycles. The van der Waals surface area contributed by atoms with Crippen molar-refractivity contribution < 1.29 is 13.6 Å². The first-order valence-electron chi connectivity index (χ1n) is 8.97. The lowest BCUT2D eigenvalue weighted by atomic mass is 10.1. The molecule has 0 radical (unpaired) electrons. The highest BCUT2D eigenvalue weighted by Gasteiger charge is 2.21. The monoisotopic (exact) mass is 361 g/mol. The van der Waals surface area contributed by atoms with Gasteiger partial charge in [-0.2, -0.15) is 0 Å². The maximum absolute atomic E-state index is 12.9. The molecular formula is C22H19NO4. The Hall–Kier alpha value is -3.34. The average molecular weight is 361 g/mol. The Balaban J connectivity index is 1.83. The van der Waals surface area contributed by atoms with Gasteiger partial charge in [0, 0.05) is 23.9 Å². The number of anilines is 1. The van der Waals surface area contributed by atoms with Gasteiger partial charge in [-0.25, -0.2) is 4.79 Å². The van der Waals surface area contributed by atoms with E-state index in [4.69, 9.17) is 8.83 Å². The molecule has 0 aliphatic carbocycles. The van der Waals surface area contributed by atoms with Gasteiger partial charge < -0.3 is 13.7 Å². The largest absolute Gasteiger partial charge is 0.450 e. The molecule has 5 heteroatoms. The zero-order chi connectivity index (χ0) is 19.0. The van der Waals surface area contributed by atoms with Gasteiger partial charge in [-0.3, -0.25) is 4.79 Å². The fourth-order valence-corrected chi connectivity index (χ4v) is 3.33. The Bertz CT molecular complexity index is 1200. The molecule has 0 aliphatic heterocycles. The van der Waals surface area contributed by atoms with Crippen molar-refractivity contribution in [1.82, 2.24) is 0 Å². The molecular weight excluding hydrogens is 342 g/mol. The molecule has 0 aliphatic rings. The van der Waals surface area contributed by atoms with Crippen LogP contribution in [0, 0.1) is 0 Å². The molecule has 2 aromatic heterocycles. The van der Waals surface area contributed by atoms with Gasteiger partial charge in [0.1, 0.15) is 11.1 Å². The second-order valence-corrected chi connectivity index (χ2v) is 6.29. The first kappa shape index (κ1) is 17.1. The van der Waals surface area contributed by atoms with E-state index >= 15 is 0 Å². The number of nitrogens with zero attached hydrogens (tertiary/aromatic N) is 1. The van der Waals surface area contributed by atoms with E-state index in [0.717, 1.165) is 24.2 Å². The molecule has 0 saturated carbocycles. The molecule has 4 aromatic rings. The highest BCUT2D eigenvalue weighted by Crippen LogP contribution is 2.30. The van der Waals surface area contributed by atoms with Gasteiger partial charge >= 0.3 is 5.63 Å². The molecule has 0 bridgehead atoms. The van der Waals surface area contributed by atoms with Crippen molar-refractivity contribution in [2.24, 2.45) is 0 Å². The minimum absolute atomic E-state index is 0.0304. The molecule has 0 N–H and O–H groups in total. The minimum atomic E-state index is -0.664. The number of benzene rings is 2. The van der Waals surface area contributed by atoms with E-state index < -0.39 is 11.4 Å². The van der Waals surface area contributed by atoms with Crippen LogP contribution >= 0.6 is 0 Å². The van der Waals surface area contributed by atoms with Crippen LogP contribution < -0.4 is 10.5 Å². The lowest BCUT2D eigenvalue weighted by Crippen LogP contribution is -2.21. The average Bonchev–Trinajstić information content (AvgIpc) is 3.13. The number of hydrogen-bond donors (Lipinski definition) is 0. The van der Waals surface area contributed by atoms with Crippen molar-refractivity contribution in [2.75, 3.05) is 18.0 Å². The third kappa shape index (κ3) is 2.91. The SMILES string of the molecule is CCN(CC)c1cccc2cc(C(=O)c3cc4ccccc4oc3=O)oc12. The normalized spacial score (nSPS) is 11.2. The number of para-hydroxylation sites is 2. The Morgan fingerprint density at radius 1 is 0.926 bits per heavy atom. The molecule has 0 fully saturated rings. The van der Waals surface area contributed by atoms with E-state index in [2.05, 4.69) is 18.7 Å². The summed E-state index contributed by atoms with van der Waals surface area (Å²) < 4.78 is 11.2. The van der Waals surface area contributed by atoms with Crippen molar-refractivity contribution in [2.45, 2.75) is 13.8 Å². The Morgan fingerprint density at radius 2 is 1.67 bits per heavy atom. The molecule has 136 valence electrons. The number of carbonyl (C=O) groups excluding carboxylic acids is 1. The quantitative estimate of drug-likeness (QED) is 0.383. The van der Waals surface area contributed by atoms with Crippen LogP contribution in [0.5, 0.6) is 0 Å². The van der Waals surface area contributed by atoms with Gasteiger partial charge in [0.25, 0.3) is 0 Å². The molecule has 0 atom stereocenters. The summed E-state index contributed by atoms with van der Waals surface area (Å²) in [5.41, 5.74) is 1.34. The van der Waals surface area contributed by atoms with Crippen molar-refractivity contribution >= 4 is 33.4 Å². The molecule has 0 unspecified atom stereocenters. The number of furan rings is 1. The van der Waals surface area contributed by atoms with Gasteiger partial charge in [0.2, 0.25) is 5.78 Å². The first-order valence-corrected chi connectivity index (χ1v) is 8.97. The summed E-state index contributed by atoms with van der Waals surface area (Å²) in [5, 5.41) is 1.52. The van der Waals surface area contributed by atoms with Gasteiger partial charge in [-0.1, -0.05) is 30.3 Å².